The zero-order chi connectivity index (χ0) is 15.0. The molecule has 0 aliphatic carbocycles. The maximum Gasteiger partial charge on any atom is 0.179 e. The van der Waals surface area contributed by atoms with Gasteiger partial charge in [0.1, 0.15) is 0 Å². The van der Waals surface area contributed by atoms with Crippen molar-refractivity contribution in [3.8, 4) is 11.8 Å². The zero-order valence-electron chi connectivity index (χ0n) is 11.1. The zero-order valence-corrected chi connectivity index (χ0v) is 11.9. The molecule has 6 nitrogen and oxygen atoms in total. The summed E-state index contributed by atoms with van der Waals surface area (Å²) in [6.45, 7) is 2.48. The van der Waals surface area contributed by atoms with Gasteiger partial charge in [-0.2, -0.15) is 0 Å². The molecule has 1 aromatic carbocycles. The molecular weight excluding hydrogens is 278 g/mol. The number of hydrogen-bond donors (Lipinski definition) is 3. The van der Waals surface area contributed by atoms with E-state index in [0.29, 0.717) is 18.7 Å². The monoisotopic (exact) mass is 295 g/mol. The van der Waals surface area contributed by atoms with Crippen LogP contribution >= 0.6 is 0 Å². The van der Waals surface area contributed by atoms with E-state index in [4.69, 9.17) is 10.9 Å². The van der Waals surface area contributed by atoms with Crippen LogP contribution < -0.4 is 11.1 Å². The lowest BCUT2D eigenvalue weighted by molar-refractivity contribution is 0.318. The Morgan fingerprint density at radius 2 is 2.25 bits per heavy atom. The number of oxime groups is 1. The van der Waals surface area contributed by atoms with Gasteiger partial charge in [0.2, 0.25) is 0 Å². The molecule has 4 N–H and O–H groups in total. The average molecular weight is 295 g/mol. The second-order valence-corrected chi connectivity index (χ2v) is 6.04. The minimum atomic E-state index is -3.41. The van der Waals surface area contributed by atoms with Crippen molar-refractivity contribution in [2.45, 2.75) is 11.8 Å². The highest BCUT2D eigenvalue weighted by molar-refractivity contribution is 7.91. The molecule has 0 fully saturated rings. The summed E-state index contributed by atoms with van der Waals surface area (Å²) in [5.74, 6) is 5.33. The van der Waals surface area contributed by atoms with Gasteiger partial charge in [-0.05, 0) is 19.1 Å². The molecule has 0 aliphatic heterocycles. The van der Waals surface area contributed by atoms with E-state index in [1.807, 2.05) is 0 Å². The Morgan fingerprint density at radius 3 is 2.90 bits per heavy atom. The average Bonchev–Trinajstić information content (AvgIpc) is 2.46. The predicted molar refractivity (Wildman–Crippen MR) is 77.3 cm³/mol. The fourth-order valence-electron chi connectivity index (χ4n) is 1.47. The first-order valence-corrected chi connectivity index (χ1v) is 7.57. The molecule has 1 rings (SSSR count). The molecule has 108 valence electrons. The molecule has 0 heterocycles. The quantitative estimate of drug-likeness (QED) is 0.173. The van der Waals surface area contributed by atoms with Crippen LogP contribution in [0.25, 0.3) is 0 Å². The Labute approximate surface area is 118 Å². The summed E-state index contributed by atoms with van der Waals surface area (Å²) in [6, 6.07) is 5.99. The fourth-order valence-corrected chi connectivity index (χ4v) is 2.71. The minimum absolute atomic E-state index is 0.0436. The third kappa shape index (κ3) is 4.57. The van der Waals surface area contributed by atoms with Gasteiger partial charge >= 0.3 is 0 Å². The van der Waals surface area contributed by atoms with Gasteiger partial charge in [-0.3, -0.25) is 0 Å². The molecule has 0 bridgehead atoms. The van der Waals surface area contributed by atoms with E-state index in [1.54, 1.807) is 19.1 Å². The van der Waals surface area contributed by atoms with Crippen molar-refractivity contribution in [2.24, 2.45) is 10.9 Å². The molecule has 0 atom stereocenters. The van der Waals surface area contributed by atoms with Gasteiger partial charge < -0.3 is 16.3 Å². The SMILES string of the molecule is CC#CCNCCS(=O)(=O)c1cccc(/C(N)=N/O)c1. The highest BCUT2D eigenvalue weighted by Gasteiger charge is 2.15. The summed E-state index contributed by atoms with van der Waals surface area (Å²) < 4.78 is 24.2. The number of nitrogens with one attached hydrogen (secondary N) is 1. The molecule has 0 spiro atoms. The molecule has 0 aliphatic rings. The summed E-state index contributed by atoms with van der Waals surface area (Å²) >= 11 is 0. The maximum atomic E-state index is 12.1. The van der Waals surface area contributed by atoms with E-state index in [-0.39, 0.29) is 16.5 Å². The normalized spacial score (nSPS) is 11.8. The van der Waals surface area contributed by atoms with Crippen molar-refractivity contribution in [3.05, 3.63) is 29.8 Å². The number of amidine groups is 1. The van der Waals surface area contributed by atoms with Crippen LogP contribution in [0.15, 0.2) is 34.3 Å². The highest BCUT2D eigenvalue weighted by Crippen LogP contribution is 2.13. The van der Waals surface area contributed by atoms with Gasteiger partial charge in [0, 0.05) is 12.1 Å². The Bertz CT molecular complexity index is 642. The van der Waals surface area contributed by atoms with Gasteiger partial charge in [-0.25, -0.2) is 8.42 Å². The highest BCUT2D eigenvalue weighted by atomic mass is 32.2. The largest absolute Gasteiger partial charge is 0.409 e. The molecule has 7 heteroatoms. The van der Waals surface area contributed by atoms with Crippen molar-refractivity contribution in [1.29, 1.82) is 0 Å². The first-order valence-electron chi connectivity index (χ1n) is 5.92. The molecular formula is C13H17N3O3S. The van der Waals surface area contributed by atoms with Gasteiger partial charge in [0.15, 0.2) is 15.7 Å². The van der Waals surface area contributed by atoms with Crippen molar-refractivity contribution in [2.75, 3.05) is 18.8 Å². The second kappa shape index (κ2) is 7.53. The van der Waals surface area contributed by atoms with Crippen molar-refractivity contribution in [3.63, 3.8) is 0 Å². The van der Waals surface area contributed by atoms with E-state index >= 15 is 0 Å². The Morgan fingerprint density at radius 1 is 1.50 bits per heavy atom. The first kappa shape index (κ1) is 16.0. The first-order chi connectivity index (χ1) is 9.51. The van der Waals surface area contributed by atoms with E-state index in [0.717, 1.165) is 0 Å². The van der Waals surface area contributed by atoms with Gasteiger partial charge in [0.05, 0.1) is 17.2 Å². The predicted octanol–water partition coefficient (Wildman–Crippen LogP) is 0.168. The number of hydrogen-bond acceptors (Lipinski definition) is 5. The molecule has 0 saturated heterocycles. The van der Waals surface area contributed by atoms with Gasteiger partial charge in [-0.15, -0.1) is 5.92 Å². The van der Waals surface area contributed by atoms with E-state index in [2.05, 4.69) is 22.3 Å². The Kier molecular flexibility index (Phi) is 6.03. The summed E-state index contributed by atoms with van der Waals surface area (Å²) in [7, 11) is -3.41. The van der Waals surface area contributed by atoms with Gasteiger partial charge in [-0.1, -0.05) is 23.2 Å². The van der Waals surface area contributed by atoms with Crippen LogP contribution in [0.3, 0.4) is 0 Å². The van der Waals surface area contributed by atoms with Crippen LogP contribution in [0.2, 0.25) is 0 Å². The molecule has 0 amide bonds. The molecule has 1 aromatic rings. The smallest absolute Gasteiger partial charge is 0.179 e. The fraction of sp³-hybridized carbons (Fsp3) is 0.308. The van der Waals surface area contributed by atoms with Crippen LogP contribution in [0.4, 0.5) is 0 Å². The summed E-state index contributed by atoms with van der Waals surface area (Å²) in [6.07, 6.45) is 0. The molecule has 0 unspecified atom stereocenters. The standard InChI is InChI=1S/C13H17N3O3S/c1-2-3-7-15-8-9-20(18,19)12-6-4-5-11(10-12)13(14)16-17/h4-6,10,15,17H,7-9H2,1H3,(H2,14,16). The number of rotatable bonds is 6. The summed E-state index contributed by atoms with van der Waals surface area (Å²) in [5, 5.41) is 14.4. The minimum Gasteiger partial charge on any atom is -0.409 e. The Balaban J connectivity index is 2.79. The van der Waals surface area contributed by atoms with Gasteiger partial charge in [0.25, 0.3) is 0 Å². The van der Waals surface area contributed by atoms with Crippen LogP contribution in [-0.4, -0.2) is 38.3 Å². The Hall–Kier alpha value is -2.04. The molecule has 0 saturated carbocycles. The third-order valence-corrected chi connectivity index (χ3v) is 4.25. The lowest BCUT2D eigenvalue weighted by atomic mass is 10.2. The topological polar surface area (TPSA) is 105 Å². The second-order valence-electron chi connectivity index (χ2n) is 3.94. The van der Waals surface area contributed by atoms with E-state index in [1.165, 1.54) is 12.1 Å². The molecule has 0 aromatic heterocycles. The lowest BCUT2D eigenvalue weighted by Crippen LogP contribution is -2.23. The summed E-state index contributed by atoms with van der Waals surface area (Å²) in [5.41, 5.74) is 5.80. The van der Waals surface area contributed by atoms with Crippen LogP contribution in [-0.2, 0) is 9.84 Å². The van der Waals surface area contributed by atoms with Crippen molar-refractivity contribution < 1.29 is 13.6 Å². The van der Waals surface area contributed by atoms with Crippen LogP contribution in [0.1, 0.15) is 12.5 Å². The van der Waals surface area contributed by atoms with Crippen LogP contribution in [0.5, 0.6) is 0 Å². The van der Waals surface area contributed by atoms with Crippen molar-refractivity contribution >= 4 is 15.7 Å². The number of nitrogens with two attached hydrogens (primary N) is 1. The van der Waals surface area contributed by atoms with Crippen molar-refractivity contribution in [1.82, 2.24) is 5.32 Å². The number of sulfone groups is 1. The van der Waals surface area contributed by atoms with Crippen LogP contribution in [0, 0.1) is 11.8 Å². The third-order valence-electron chi connectivity index (χ3n) is 2.53. The number of benzene rings is 1. The molecule has 20 heavy (non-hydrogen) atoms. The number of nitrogens with zero attached hydrogens (tertiary/aromatic N) is 1. The van der Waals surface area contributed by atoms with E-state index < -0.39 is 9.84 Å². The van der Waals surface area contributed by atoms with E-state index in [9.17, 15) is 8.42 Å². The lowest BCUT2D eigenvalue weighted by Gasteiger charge is -2.06. The summed E-state index contributed by atoms with van der Waals surface area (Å²) in [4.78, 5) is 0.143. The molecule has 0 radical (unpaired) electrons. The maximum absolute atomic E-state index is 12.1.